The molecule has 3 aliphatic heterocycles. The number of phenols is 1. The molecule has 5 aliphatic rings. The molecule has 0 saturated carbocycles. The monoisotopic (exact) mass is 414 g/mol. The number of phenolic OH excluding ortho intramolecular Hbond substituents is 1. The molecule has 6 heteroatoms. The van der Waals surface area contributed by atoms with Gasteiger partial charge in [0.1, 0.15) is 6.10 Å². The largest absolute Gasteiger partial charge is 0.504 e. The lowest BCUT2D eigenvalue weighted by molar-refractivity contribution is -0.0241. The molecule has 2 unspecified atom stereocenters. The molecular weight excluding hydrogens is 392 g/mol. The molecule has 2 aromatic carbocycles. The molecule has 2 aromatic rings. The second kappa shape index (κ2) is 5.56. The summed E-state index contributed by atoms with van der Waals surface area (Å²) in [5.41, 5.74) is 2.86. The van der Waals surface area contributed by atoms with Gasteiger partial charge >= 0.3 is 0 Å². The maximum atomic E-state index is 13.3. The molecule has 1 spiro atoms. The van der Waals surface area contributed by atoms with Crippen LogP contribution in [-0.2, 0) is 11.8 Å². The van der Waals surface area contributed by atoms with E-state index in [1.807, 2.05) is 12.1 Å². The fraction of sp³-hybridized carbons (Fsp3) is 0.360. The zero-order valence-corrected chi connectivity index (χ0v) is 17.1. The van der Waals surface area contributed by atoms with Crippen molar-refractivity contribution >= 4 is 11.8 Å². The number of fused-ring (bicyclic) bond motifs is 1. The molecule has 1 fully saturated rings. The Morgan fingerprint density at radius 2 is 1.81 bits per heavy atom. The maximum absolute atomic E-state index is 13.3. The Hall–Kier alpha value is -3.12. The topological polar surface area (TPSA) is 70.1 Å². The van der Waals surface area contributed by atoms with Crippen LogP contribution in [0, 0.1) is 5.92 Å². The van der Waals surface area contributed by atoms with E-state index in [2.05, 4.69) is 18.0 Å². The number of piperidine rings is 1. The van der Waals surface area contributed by atoms with Gasteiger partial charge in [0.05, 0.1) is 17.2 Å². The minimum Gasteiger partial charge on any atom is -0.504 e. The number of likely N-dealkylation sites (N-methyl/N-ethyl adjacent to an activating group) is 1. The van der Waals surface area contributed by atoms with Gasteiger partial charge in [0, 0.05) is 22.9 Å². The lowest BCUT2D eigenvalue weighted by atomic mass is 9.53. The SMILES string of the molecule is CN1CC[C@]23c4c5ccc(O)c4O[C@H]2[C@H](N2C(=O)c4ccccc4C2=O)C=CC3C1C5. The first-order valence-corrected chi connectivity index (χ1v) is 10.9. The van der Waals surface area contributed by atoms with Crippen molar-refractivity contribution in [2.75, 3.05) is 13.6 Å². The van der Waals surface area contributed by atoms with E-state index < -0.39 is 12.1 Å². The zero-order valence-electron chi connectivity index (χ0n) is 17.1. The van der Waals surface area contributed by atoms with Crippen molar-refractivity contribution in [2.45, 2.75) is 36.4 Å². The smallest absolute Gasteiger partial charge is 0.262 e. The molecule has 2 aliphatic carbocycles. The number of ether oxygens (including phenoxy) is 1. The lowest BCUT2D eigenvalue weighted by Gasteiger charge is -2.57. The van der Waals surface area contributed by atoms with E-state index in [9.17, 15) is 14.7 Å². The number of benzene rings is 2. The van der Waals surface area contributed by atoms with Crippen LogP contribution in [0.25, 0.3) is 0 Å². The standard InChI is InChI=1S/C25H22N2O4/c1-26-11-10-25-16-7-8-17(27-23(29)14-4-2-3-5-15(14)24(27)30)22(25)31-21-19(28)9-6-13(20(21)25)12-18(16)26/h2-9,16-18,22,28H,10-12H2,1H3/t16?,17-,18?,22+,25+/m1/s1. The van der Waals surface area contributed by atoms with Gasteiger partial charge in [0.2, 0.25) is 0 Å². The molecule has 7 rings (SSSR count). The molecule has 5 atom stereocenters. The van der Waals surface area contributed by atoms with E-state index in [1.54, 1.807) is 30.3 Å². The highest BCUT2D eigenvalue weighted by Gasteiger charge is 2.66. The number of carbonyl (C=O) groups is 2. The van der Waals surface area contributed by atoms with Crippen molar-refractivity contribution in [2.24, 2.45) is 5.92 Å². The van der Waals surface area contributed by atoms with E-state index in [-0.39, 0.29) is 28.9 Å². The normalized spacial score (nSPS) is 34.5. The highest BCUT2D eigenvalue weighted by Crippen LogP contribution is 2.62. The van der Waals surface area contributed by atoms with Crippen LogP contribution in [0.5, 0.6) is 11.5 Å². The fourth-order valence-corrected chi connectivity index (χ4v) is 6.94. The molecule has 1 saturated heterocycles. The molecule has 0 aromatic heterocycles. The highest BCUT2D eigenvalue weighted by molar-refractivity contribution is 6.21. The molecular formula is C25H22N2O4. The number of hydrogen-bond acceptors (Lipinski definition) is 5. The van der Waals surface area contributed by atoms with E-state index >= 15 is 0 Å². The van der Waals surface area contributed by atoms with Gasteiger partial charge in [-0.15, -0.1) is 0 Å². The van der Waals surface area contributed by atoms with Gasteiger partial charge in [-0.05, 0) is 50.2 Å². The summed E-state index contributed by atoms with van der Waals surface area (Å²) in [5, 5.41) is 10.7. The van der Waals surface area contributed by atoms with Crippen molar-refractivity contribution in [3.63, 3.8) is 0 Å². The maximum Gasteiger partial charge on any atom is 0.262 e. The van der Waals surface area contributed by atoms with E-state index in [1.165, 1.54) is 10.5 Å². The second-order valence-electron chi connectivity index (χ2n) is 9.46. The first-order chi connectivity index (χ1) is 15.0. The number of hydrogen-bond donors (Lipinski definition) is 1. The number of aromatic hydroxyl groups is 1. The molecule has 2 bridgehead atoms. The summed E-state index contributed by atoms with van der Waals surface area (Å²) in [6.45, 7) is 0.915. The number of amides is 2. The third kappa shape index (κ3) is 1.89. The Morgan fingerprint density at radius 1 is 1.06 bits per heavy atom. The van der Waals surface area contributed by atoms with Crippen LogP contribution in [-0.4, -0.2) is 58.5 Å². The molecule has 31 heavy (non-hydrogen) atoms. The number of carbonyl (C=O) groups excluding carboxylic acids is 2. The summed E-state index contributed by atoms with van der Waals surface area (Å²) in [6.07, 6.45) is 5.57. The quantitative estimate of drug-likeness (QED) is 0.574. The number of likely N-dealkylation sites (tertiary alicyclic amines) is 1. The molecule has 1 N–H and O–H groups in total. The Morgan fingerprint density at radius 3 is 2.55 bits per heavy atom. The molecule has 156 valence electrons. The average Bonchev–Trinajstić information content (AvgIpc) is 3.25. The minimum atomic E-state index is -0.509. The van der Waals surface area contributed by atoms with E-state index in [0.717, 1.165) is 24.9 Å². The van der Waals surface area contributed by atoms with Gasteiger partial charge in [-0.25, -0.2) is 0 Å². The molecule has 2 amide bonds. The predicted molar refractivity (Wildman–Crippen MR) is 112 cm³/mol. The van der Waals surface area contributed by atoms with Crippen LogP contribution in [0.2, 0.25) is 0 Å². The Labute approximate surface area is 179 Å². The fourth-order valence-electron chi connectivity index (χ4n) is 6.94. The van der Waals surface area contributed by atoms with Crippen LogP contribution in [0.15, 0.2) is 48.6 Å². The summed E-state index contributed by atoms with van der Waals surface area (Å²) in [7, 11) is 2.17. The molecule has 0 radical (unpaired) electrons. The molecule has 6 nitrogen and oxygen atoms in total. The minimum absolute atomic E-state index is 0.139. The van der Waals surface area contributed by atoms with Crippen molar-refractivity contribution in [3.05, 3.63) is 70.8 Å². The summed E-state index contributed by atoms with van der Waals surface area (Å²) in [4.78, 5) is 30.3. The Kier molecular flexibility index (Phi) is 3.15. The summed E-state index contributed by atoms with van der Waals surface area (Å²) in [6, 6.07) is 10.5. The van der Waals surface area contributed by atoms with Gasteiger partial charge in [0.25, 0.3) is 11.8 Å². The van der Waals surface area contributed by atoms with Gasteiger partial charge in [-0.3, -0.25) is 14.5 Å². The van der Waals surface area contributed by atoms with Gasteiger partial charge in [0.15, 0.2) is 11.5 Å². The van der Waals surface area contributed by atoms with Gasteiger partial charge in [-0.2, -0.15) is 0 Å². The Bertz CT molecular complexity index is 1180. The van der Waals surface area contributed by atoms with Crippen molar-refractivity contribution in [3.8, 4) is 11.5 Å². The van der Waals surface area contributed by atoms with E-state index in [4.69, 9.17) is 4.74 Å². The van der Waals surface area contributed by atoms with Crippen molar-refractivity contribution < 1.29 is 19.4 Å². The van der Waals surface area contributed by atoms with Crippen LogP contribution < -0.4 is 4.74 Å². The third-order valence-electron chi connectivity index (χ3n) is 8.27. The second-order valence-corrected chi connectivity index (χ2v) is 9.46. The number of imide groups is 1. The summed E-state index contributed by atoms with van der Waals surface area (Å²) < 4.78 is 6.50. The first-order valence-electron chi connectivity index (χ1n) is 10.9. The number of rotatable bonds is 1. The summed E-state index contributed by atoms with van der Waals surface area (Å²) >= 11 is 0. The lowest BCUT2D eigenvalue weighted by Crippen LogP contribution is -2.67. The van der Waals surface area contributed by atoms with Crippen molar-refractivity contribution in [1.82, 2.24) is 9.80 Å². The van der Waals surface area contributed by atoms with Crippen LogP contribution in [0.4, 0.5) is 0 Å². The zero-order chi connectivity index (χ0) is 21.1. The van der Waals surface area contributed by atoms with Crippen LogP contribution in [0.3, 0.4) is 0 Å². The third-order valence-corrected chi connectivity index (χ3v) is 8.27. The van der Waals surface area contributed by atoms with Crippen molar-refractivity contribution in [1.29, 1.82) is 0 Å². The first kappa shape index (κ1) is 17.5. The highest BCUT2D eigenvalue weighted by atomic mass is 16.5. The molecule has 3 heterocycles. The van der Waals surface area contributed by atoms with E-state index in [0.29, 0.717) is 22.9 Å². The van der Waals surface area contributed by atoms with Gasteiger partial charge < -0.3 is 14.7 Å². The summed E-state index contributed by atoms with van der Waals surface area (Å²) in [5.74, 6) is 0.364. The van der Waals surface area contributed by atoms with Crippen LogP contribution in [0.1, 0.15) is 38.3 Å². The average molecular weight is 414 g/mol. The van der Waals surface area contributed by atoms with Crippen LogP contribution >= 0.6 is 0 Å². The predicted octanol–water partition coefficient (Wildman–Crippen LogP) is 2.50. The Balaban J connectivity index is 1.42. The number of nitrogens with zero attached hydrogens (tertiary/aromatic N) is 2. The van der Waals surface area contributed by atoms with Gasteiger partial charge in [-0.1, -0.05) is 30.4 Å².